The minimum Gasteiger partial charge on any atom is -0.394 e. The Labute approximate surface area is 107 Å². The van der Waals surface area contributed by atoms with E-state index >= 15 is 0 Å². The highest BCUT2D eigenvalue weighted by molar-refractivity contribution is 4.98. The number of hydrogen-bond acceptors (Lipinski definition) is 3. The molecular formula is C14H30N2O. The van der Waals surface area contributed by atoms with Crippen molar-refractivity contribution in [3.8, 4) is 0 Å². The molecule has 1 aliphatic carbocycles. The molecule has 0 spiro atoms. The van der Waals surface area contributed by atoms with Crippen molar-refractivity contribution in [2.45, 2.75) is 45.1 Å². The van der Waals surface area contributed by atoms with Crippen LogP contribution in [0.3, 0.4) is 0 Å². The molecule has 0 saturated heterocycles. The topological polar surface area (TPSA) is 35.5 Å². The second kappa shape index (κ2) is 6.72. The van der Waals surface area contributed by atoms with Gasteiger partial charge in [0.25, 0.3) is 0 Å². The summed E-state index contributed by atoms with van der Waals surface area (Å²) in [6.07, 6.45) is 4.95. The van der Waals surface area contributed by atoms with Crippen molar-refractivity contribution in [3.05, 3.63) is 0 Å². The van der Waals surface area contributed by atoms with E-state index in [2.05, 4.69) is 38.2 Å². The Balaban J connectivity index is 2.61. The minimum atomic E-state index is -0.0254. The van der Waals surface area contributed by atoms with E-state index in [0.717, 1.165) is 19.5 Å². The van der Waals surface area contributed by atoms with Gasteiger partial charge in [0.1, 0.15) is 0 Å². The number of aliphatic hydroxyl groups is 1. The standard InChI is InChI=1S/C14H30N2O/c1-12(2)13-7-5-6-8-14(13,11-17)15-9-10-16(3)4/h12-13,15,17H,5-11H2,1-4H3. The number of rotatable bonds is 6. The van der Waals surface area contributed by atoms with Gasteiger partial charge >= 0.3 is 0 Å². The molecule has 1 aliphatic rings. The molecule has 3 heteroatoms. The first-order valence-electron chi connectivity index (χ1n) is 7.02. The number of likely N-dealkylation sites (N-methyl/N-ethyl adjacent to an activating group) is 1. The lowest BCUT2D eigenvalue weighted by Crippen LogP contribution is -2.58. The van der Waals surface area contributed by atoms with Gasteiger partial charge in [-0.2, -0.15) is 0 Å². The van der Waals surface area contributed by atoms with Crippen LogP contribution in [0.4, 0.5) is 0 Å². The lowest BCUT2D eigenvalue weighted by molar-refractivity contribution is 0.0413. The highest BCUT2D eigenvalue weighted by Crippen LogP contribution is 2.38. The van der Waals surface area contributed by atoms with Gasteiger partial charge in [-0.25, -0.2) is 0 Å². The number of hydrogen-bond donors (Lipinski definition) is 2. The molecule has 1 saturated carbocycles. The predicted octanol–water partition coefficient (Wildman–Crippen LogP) is 1.71. The Morgan fingerprint density at radius 1 is 1.35 bits per heavy atom. The average molecular weight is 242 g/mol. The molecular weight excluding hydrogens is 212 g/mol. The molecule has 0 aliphatic heterocycles. The largest absolute Gasteiger partial charge is 0.394 e. The Hall–Kier alpha value is -0.120. The van der Waals surface area contributed by atoms with E-state index < -0.39 is 0 Å². The van der Waals surface area contributed by atoms with Gasteiger partial charge < -0.3 is 15.3 Å². The molecule has 0 aromatic rings. The molecule has 1 rings (SSSR count). The van der Waals surface area contributed by atoms with E-state index in [1.807, 2.05) is 0 Å². The van der Waals surface area contributed by atoms with Crippen molar-refractivity contribution >= 4 is 0 Å². The fraction of sp³-hybridized carbons (Fsp3) is 1.00. The van der Waals surface area contributed by atoms with Gasteiger partial charge in [-0.05, 0) is 38.8 Å². The summed E-state index contributed by atoms with van der Waals surface area (Å²) in [7, 11) is 4.18. The zero-order valence-electron chi connectivity index (χ0n) is 12.0. The quantitative estimate of drug-likeness (QED) is 0.744. The summed E-state index contributed by atoms with van der Waals surface area (Å²) < 4.78 is 0. The number of nitrogens with zero attached hydrogens (tertiary/aromatic N) is 1. The molecule has 2 atom stereocenters. The molecule has 0 amide bonds. The highest BCUT2D eigenvalue weighted by atomic mass is 16.3. The molecule has 0 heterocycles. The molecule has 17 heavy (non-hydrogen) atoms. The third kappa shape index (κ3) is 3.94. The monoisotopic (exact) mass is 242 g/mol. The smallest absolute Gasteiger partial charge is 0.0616 e. The number of aliphatic hydroxyl groups excluding tert-OH is 1. The molecule has 2 unspecified atom stereocenters. The fourth-order valence-corrected chi connectivity index (χ4v) is 3.24. The highest BCUT2D eigenvalue weighted by Gasteiger charge is 2.41. The Kier molecular flexibility index (Phi) is 5.90. The summed E-state index contributed by atoms with van der Waals surface area (Å²) in [5, 5.41) is 13.5. The first kappa shape index (κ1) is 14.9. The molecule has 3 nitrogen and oxygen atoms in total. The van der Waals surface area contributed by atoms with Crippen molar-refractivity contribution < 1.29 is 5.11 Å². The molecule has 0 bridgehead atoms. The first-order valence-corrected chi connectivity index (χ1v) is 7.02. The van der Waals surface area contributed by atoms with E-state index in [4.69, 9.17) is 0 Å². The second-order valence-corrected chi connectivity index (χ2v) is 6.14. The summed E-state index contributed by atoms with van der Waals surface area (Å²) in [6, 6.07) is 0. The second-order valence-electron chi connectivity index (χ2n) is 6.14. The van der Waals surface area contributed by atoms with Gasteiger partial charge in [-0.3, -0.25) is 0 Å². The van der Waals surface area contributed by atoms with Crippen molar-refractivity contribution in [1.82, 2.24) is 10.2 Å². The Morgan fingerprint density at radius 3 is 2.59 bits per heavy atom. The van der Waals surface area contributed by atoms with Crippen molar-refractivity contribution in [1.29, 1.82) is 0 Å². The third-order valence-electron chi connectivity index (χ3n) is 4.22. The van der Waals surface area contributed by atoms with E-state index in [-0.39, 0.29) is 12.1 Å². The van der Waals surface area contributed by atoms with Gasteiger partial charge in [-0.15, -0.1) is 0 Å². The first-order chi connectivity index (χ1) is 8.02. The van der Waals surface area contributed by atoms with Crippen molar-refractivity contribution in [3.63, 3.8) is 0 Å². The van der Waals surface area contributed by atoms with Crippen molar-refractivity contribution in [2.75, 3.05) is 33.8 Å². The van der Waals surface area contributed by atoms with Gasteiger partial charge in [0.15, 0.2) is 0 Å². The SMILES string of the molecule is CC(C)C1CCCCC1(CO)NCCN(C)C. The maximum Gasteiger partial charge on any atom is 0.0616 e. The van der Waals surface area contributed by atoms with Crippen LogP contribution in [0.15, 0.2) is 0 Å². The van der Waals surface area contributed by atoms with E-state index in [9.17, 15) is 5.11 Å². The van der Waals surface area contributed by atoms with Crippen LogP contribution in [0.5, 0.6) is 0 Å². The maximum absolute atomic E-state index is 9.85. The van der Waals surface area contributed by atoms with Gasteiger partial charge in [0.2, 0.25) is 0 Å². The van der Waals surface area contributed by atoms with Gasteiger partial charge in [0.05, 0.1) is 6.61 Å². The van der Waals surface area contributed by atoms with E-state index in [1.54, 1.807) is 0 Å². The van der Waals surface area contributed by atoms with Crippen LogP contribution in [0.25, 0.3) is 0 Å². The molecule has 2 N–H and O–H groups in total. The van der Waals surface area contributed by atoms with Gasteiger partial charge in [-0.1, -0.05) is 26.7 Å². The lowest BCUT2D eigenvalue weighted by Gasteiger charge is -2.46. The summed E-state index contributed by atoms with van der Waals surface area (Å²) in [6.45, 7) is 6.86. The molecule has 0 radical (unpaired) electrons. The fourth-order valence-electron chi connectivity index (χ4n) is 3.24. The molecule has 0 aromatic heterocycles. The molecule has 0 aromatic carbocycles. The zero-order chi connectivity index (χ0) is 12.9. The Morgan fingerprint density at radius 2 is 2.06 bits per heavy atom. The normalized spacial score (nSPS) is 30.2. The van der Waals surface area contributed by atoms with Crippen LogP contribution in [-0.4, -0.2) is 49.3 Å². The predicted molar refractivity (Wildman–Crippen MR) is 73.2 cm³/mol. The van der Waals surface area contributed by atoms with Crippen LogP contribution in [0.2, 0.25) is 0 Å². The summed E-state index contributed by atoms with van der Waals surface area (Å²) in [5.74, 6) is 1.26. The third-order valence-corrected chi connectivity index (χ3v) is 4.22. The summed E-state index contributed by atoms with van der Waals surface area (Å²) in [4.78, 5) is 2.19. The van der Waals surface area contributed by atoms with Gasteiger partial charge in [0, 0.05) is 18.6 Å². The minimum absolute atomic E-state index is 0.0254. The van der Waals surface area contributed by atoms with Crippen LogP contribution < -0.4 is 5.32 Å². The van der Waals surface area contributed by atoms with Crippen LogP contribution in [0.1, 0.15) is 39.5 Å². The molecule has 1 fully saturated rings. The lowest BCUT2D eigenvalue weighted by atomic mass is 9.68. The Bertz CT molecular complexity index is 218. The van der Waals surface area contributed by atoms with Crippen LogP contribution >= 0.6 is 0 Å². The maximum atomic E-state index is 9.85. The summed E-state index contributed by atoms with van der Waals surface area (Å²) >= 11 is 0. The summed E-state index contributed by atoms with van der Waals surface area (Å²) in [5.41, 5.74) is -0.0254. The average Bonchev–Trinajstić information content (AvgIpc) is 2.28. The van der Waals surface area contributed by atoms with E-state index in [0.29, 0.717) is 11.8 Å². The number of nitrogens with one attached hydrogen (secondary N) is 1. The zero-order valence-corrected chi connectivity index (χ0v) is 12.0. The molecule has 102 valence electrons. The van der Waals surface area contributed by atoms with Crippen LogP contribution in [0, 0.1) is 11.8 Å². The van der Waals surface area contributed by atoms with Crippen molar-refractivity contribution in [2.24, 2.45) is 11.8 Å². The van der Waals surface area contributed by atoms with E-state index in [1.165, 1.54) is 19.3 Å². The van der Waals surface area contributed by atoms with Crippen LogP contribution in [-0.2, 0) is 0 Å².